The van der Waals surface area contributed by atoms with Gasteiger partial charge in [-0.15, -0.1) is 0 Å². The molecule has 0 bridgehead atoms. The van der Waals surface area contributed by atoms with Crippen LogP contribution in [0.4, 0.5) is 8.78 Å². The Morgan fingerprint density at radius 2 is 1.97 bits per heavy atom. The number of carbonyl (C=O) groups excluding carboxylic acids is 2. The van der Waals surface area contributed by atoms with Crippen molar-refractivity contribution in [1.29, 1.82) is 5.26 Å². The maximum absolute atomic E-state index is 13.6. The number of nitrogens with zero attached hydrogens (tertiary/aromatic N) is 3. The Kier molecular flexibility index (Phi) is 5.54. The van der Waals surface area contributed by atoms with Gasteiger partial charge >= 0.3 is 11.9 Å². The molecule has 9 heteroatoms. The largest absolute Gasteiger partial charge is 0.461 e. The van der Waals surface area contributed by atoms with Crippen LogP contribution in [-0.4, -0.2) is 28.1 Å². The van der Waals surface area contributed by atoms with Crippen molar-refractivity contribution >= 4 is 22.8 Å². The molecule has 1 aromatic carbocycles. The van der Waals surface area contributed by atoms with E-state index >= 15 is 0 Å². The van der Waals surface area contributed by atoms with E-state index in [1.54, 1.807) is 6.92 Å². The van der Waals surface area contributed by atoms with E-state index in [0.717, 1.165) is 12.1 Å². The summed E-state index contributed by atoms with van der Waals surface area (Å²) in [6, 6.07) is 8.12. The molecule has 0 unspecified atom stereocenters. The molecule has 0 radical (unpaired) electrons. The molecular weight excluding hydrogens is 384 g/mol. The lowest BCUT2D eigenvalue weighted by Crippen LogP contribution is -2.11. The number of aromatic nitrogens is 2. The smallest absolute Gasteiger partial charge is 0.356 e. The van der Waals surface area contributed by atoms with E-state index in [9.17, 15) is 23.6 Å². The minimum absolute atomic E-state index is 0.0293. The number of rotatable bonds is 5. The van der Waals surface area contributed by atoms with Gasteiger partial charge in [0.05, 0.1) is 18.7 Å². The zero-order valence-electron chi connectivity index (χ0n) is 15.5. The van der Waals surface area contributed by atoms with Crippen molar-refractivity contribution in [2.75, 3.05) is 6.61 Å². The molecule has 0 aliphatic carbocycles. The Morgan fingerprint density at radius 3 is 2.59 bits per heavy atom. The molecule has 0 atom stereocenters. The van der Waals surface area contributed by atoms with Crippen molar-refractivity contribution in [1.82, 2.24) is 9.55 Å². The zero-order valence-corrected chi connectivity index (χ0v) is 15.5. The van der Waals surface area contributed by atoms with Crippen LogP contribution in [0.3, 0.4) is 0 Å². The second kappa shape index (κ2) is 8.06. The summed E-state index contributed by atoms with van der Waals surface area (Å²) in [6.07, 6.45) is 0. The summed E-state index contributed by atoms with van der Waals surface area (Å²) in [6.45, 7) is 2.94. The van der Waals surface area contributed by atoms with Crippen LogP contribution in [0.25, 0.3) is 10.9 Å². The normalized spacial score (nSPS) is 10.6. The molecule has 0 spiro atoms. The van der Waals surface area contributed by atoms with Gasteiger partial charge in [-0.3, -0.25) is 4.79 Å². The Labute approximate surface area is 164 Å². The molecule has 0 amide bonds. The van der Waals surface area contributed by atoms with Crippen LogP contribution in [0.15, 0.2) is 30.3 Å². The van der Waals surface area contributed by atoms with Gasteiger partial charge in [-0.1, -0.05) is 6.07 Å². The van der Waals surface area contributed by atoms with Crippen molar-refractivity contribution in [2.45, 2.75) is 20.4 Å². The molecule has 0 aliphatic heterocycles. The zero-order chi connectivity index (χ0) is 21.1. The highest BCUT2D eigenvalue weighted by Gasteiger charge is 2.20. The summed E-state index contributed by atoms with van der Waals surface area (Å²) in [7, 11) is 0. The fourth-order valence-electron chi connectivity index (χ4n) is 2.87. The Morgan fingerprint density at radius 1 is 1.21 bits per heavy atom. The number of nitriles is 1. The average Bonchev–Trinajstić information content (AvgIpc) is 3.00. The quantitative estimate of drug-likeness (QED) is 0.611. The lowest BCUT2D eigenvalue weighted by Gasteiger charge is -2.11. The van der Waals surface area contributed by atoms with Crippen molar-refractivity contribution in [2.24, 2.45) is 0 Å². The van der Waals surface area contributed by atoms with E-state index in [1.807, 2.05) is 6.07 Å². The van der Waals surface area contributed by atoms with Crippen molar-refractivity contribution < 1.29 is 27.8 Å². The van der Waals surface area contributed by atoms with E-state index < -0.39 is 23.6 Å². The van der Waals surface area contributed by atoms with Crippen LogP contribution in [0.5, 0.6) is 5.88 Å². The van der Waals surface area contributed by atoms with Crippen LogP contribution >= 0.6 is 0 Å². The number of ether oxygens (including phenoxy) is 2. The van der Waals surface area contributed by atoms with E-state index in [4.69, 9.17) is 9.47 Å². The average molecular weight is 399 g/mol. The van der Waals surface area contributed by atoms with Crippen molar-refractivity contribution in [3.8, 4) is 11.9 Å². The first-order valence-corrected chi connectivity index (χ1v) is 8.57. The molecule has 0 saturated heterocycles. The second-order valence-electron chi connectivity index (χ2n) is 6.04. The number of halogens is 2. The molecule has 7 nitrogen and oxygen atoms in total. The second-order valence-corrected chi connectivity index (χ2v) is 6.04. The number of fused-ring (bicyclic) bond motifs is 1. The number of pyridine rings is 1. The predicted molar refractivity (Wildman–Crippen MR) is 97.2 cm³/mol. The summed E-state index contributed by atoms with van der Waals surface area (Å²) >= 11 is 0. The van der Waals surface area contributed by atoms with E-state index in [0.29, 0.717) is 10.9 Å². The molecule has 0 aliphatic rings. The van der Waals surface area contributed by atoms with Gasteiger partial charge in [0.2, 0.25) is 5.88 Å². The summed E-state index contributed by atoms with van der Waals surface area (Å²) in [5.74, 6) is -3.28. The standard InChI is InChI=1S/C20H15F2N3O4/c1-3-28-20(27)16-7-13-8-18(29-11(2)26)25(19(13)17(9-23)24-16)10-12-4-5-14(21)15(22)6-12/h4-8H,3,10H2,1-2H3. The van der Waals surface area contributed by atoms with Gasteiger partial charge in [0.25, 0.3) is 0 Å². The van der Waals surface area contributed by atoms with E-state index in [-0.39, 0.29) is 35.9 Å². The Balaban J connectivity index is 2.19. The molecule has 2 aromatic heterocycles. The summed E-state index contributed by atoms with van der Waals surface area (Å²) in [5, 5.41) is 9.94. The van der Waals surface area contributed by atoms with Crippen LogP contribution in [0.2, 0.25) is 0 Å². The number of hydrogen-bond donors (Lipinski definition) is 0. The Hall–Kier alpha value is -3.80. The summed E-state index contributed by atoms with van der Waals surface area (Å²) < 4.78 is 38.4. The van der Waals surface area contributed by atoms with Crippen LogP contribution in [0.1, 0.15) is 35.6 Å². The fourth-order valence-corrected chi connectivity index (χ4v) is 2.87. The van der Waals surface area contributed by atoms with Gasteiger partial charge < -0.3 is 14.0 Å². The van der Waals surface area contributed by atoms with E-state index in [2.05, 4.69) is 4.98 Å². The molecule has 0 saturated carbocycles. The van der Waals surface area contributed by atoms with E-state index in [1.165, 1.54) is 29.7 Å². The first kappa shape index (κ1) is 19.9. The molecule has 148 valence electrons. The molecule has 29 heavy (non-hydrogen) atoms. The highest BCUT2D eigenvalue weighted by molar-refractivity contribution is 5.95. The maximum atomic E-state index is 13.6. The monoisotopic (exact) mass is 399 g/mol. The molecule has 0 fully saturated rings. The van der Waals surface area contributed by atoms with Gasteiger partial charge in [-0.25, -0.2) is 18.6 Å². The van der Waals surface area contributed by atoms with Gasteiger partial charge in [0.1, 0.15) is 6.07 Å². The minimum Gasteiger partial charge on any atom is -0.461 e. The number of esters is 2. The lowest BCUT2D eigenvalue weighted by molar-refractivity contribution is -0.132. The summed E-state index contributed by atoms with van der Waals surface area (Å²) in [4.78, 5) is 27.6. The van der Waals surface area contributed by atoms with Gasteiger partial charge in [-0.05, 0) is 30.7 Å². The summed E-state index contributed by atoms with van der Waals surface area (Å²) in [5.41, 5.74) is 0.469. The van der Waals surface area contributed by atoms with Crippen LogP contribution in [0, 0.1) is 23.0 Å². The number of carbonyl (C=O) groups is 2. The third-order valence-electron chi connectivity index (χ3n) is 4.00. The SMILES string of the molecule is CCOC(=O)c1cc2cc(OC(C)=O)n(Cc3ccc(F)c(F)c3)c2c(C#N)n1. The highest BCUT2D eigenvalue weighted by atomic mass is 19.2. The van der Waals surface area contributed by atoms with Gasteiger partial charge in [-0.2, -0.15) is 5.26 Å². The first-order valence-electron chi connectivity index (χ1n) is 8.57. The predicted octanol–water partition coefficient (Wildman–Crippen LogP) is 3.34. The first-order chi connectivity index (χ1) is 13.8. The third kappa shape index (κ3) is 4.06. The lowest BCUT2D eigenvalue weighted by atomic mass is 10.2. The van der Waals surface area contributed by atoms with Crippen molar-refractivity contribution in [3.63, 3.8) is 0 Å². The molecular formula is C20H15F2N3O4. The van der Waals surface area contributed by atoms with Crippen molar-refractivity contribution in [3.05, 3.63) is 58.9 Å². The number of benzene rings is 1. The van der Waals surface area contributed by atoms with Gasteiger partial charge in [0.15, 0.2) is 23.0 Å². The molecule has 2 heterocycles. The fraction of sp³-hybridized carbons (Fsp3) is 0.200. The van der Waals surface area contributed by atoms with Crippen LogP contribution < -0.4 is 4.74 Å². The molecule has 0 N–H and O–H groups in total. The highest BCUT2D eigenvalue weighted by Crippen LogP contribution is 2.30. The maximum Gasteiger partial charge on any atom is 0.356 e. The Bertz CT molecular complexity index is 1160. The third-order valence-corrected chi connectivity index (χ3v) is 4.00. The molecule has 3 aromatic rings. The minimum atomic E-state index is -1.03. The van der Waals surface area contributed by atoms with Crippen LogP contribution in [-0.2, 0) is 16.1 Å². The molecule has 3 rings (SSSR count). The van der Waals surface area contributed by atoms with Gasteiger partial charge in [0, 0.05) is 18.4 Å². The number of hydrogen-bond acceptors (Lipinski definition) is 6. The topological polar surface area (TPSA) is 94.2 Å².